The summed E-state index contributed by atoms with van der Waals surface area (Å²) >= 11 is 0. The quantitative estimate of drug-likeness (QED) is 0.814. The normalized spacial score (nSPS) is 10.9. The number of hydrogen-bond donors (Lipinski definition) is 1. The zero-order chi connectivity index (χ0) is 13.7. The highest BCUT2D eigenvalue weighted by atomic mass is 19.1. The molecule has 1 aromatic heterocycles. The van der Waals surface area contributed by atoms with Crippen molar-refractivity contribution in [3.63, 3.8) is 0 Å². The molecule has 0 saturated carbocycles. The van der Waals surface area contributed by atoms with Crippen LogP contribution in [0.25, 0.3) is 11.3 Å². The zero-order valence-corrected chi connectivity index (χ0v) is 11.1. The highest BCUT2D eigenvalue weighted by Crippen LogP contribution is 2.24. The summed E-state index contributed by atoms with van der Waals surface area (Å²) in [5.41, 5.74) is 1.69. The number of nitrogens with one attached hydrogen (secondary N) is 1. The molecule has 1 N–H and O–H groups in total. The molecule has 0 fully saturated rings. The molecule has 0 aliphatic heterocycles. The lowest BCUT2D eigenvalue weighted by atomic mass is 10.1. The summed E-state index contributed by atoms with van der Waals surface area (Å²) in [6.45, 7) is 3.80. The Bertz CT molecular complexity index is 540. The Labute approximate surface area is 111 Å². The van der Waals surface area contributed by atoms with E-state index in [-0.39, 0.29) is 5.82 Å². The number of nitrogens with zero attached hydrogens (tertiary/aromatic N) is 1. The number of halogens is 1. The van der Waals surface area contributed by atoms with E-state index in [2.05, 4.69) is 10.3 Å². The van der Waals surface area contributed by atoms with Crippen LogP contribution in [0.5, 0.6) is 0 Å². The van der Waals surface area contributed by atoms with Crippen LogP contribution in [0.1, 0.15) is 11.5 Å². The first-order valence-corrected chi connectivity index (χ1v) is 6.11. The van der Waals surface area contributed by atoms with Gasteiger partial charge in [-0.1, -0.05) is 6.07 Å². The first kappa shape index (κ1) is 13.7. The second kappa shape index (κ2) is 6.45. The van der Waals surface area contributed by atoms with Crippen molar-refractivity contribution in [2.75, 3.05) is 20.3 Å². The molecular formula is C14H17FN2O2. The van der Waals surface area contributed by atoms with Gasteiger partial charge in [0.15, 0.2) is 5.76 Å². The van der Waals surface area contributed by atoms with Crippen molar-refractivity contribution in [3.05, 3.63) is 41.7 Å². The number of aromatic nitrogens is 1. The van der Waals surface area contributed by atoms with Crippen molar-refractivity contribution in [2.24, 2.45) is 0 Å². The van der Waals surface area contributed by atoms with Crippen molar-refractivity contribution < 1.29 is 13.5 Å². The van der Waals surface area contributed by atoms with E-state index in [1.165, 1.54) is 12.1 Å². The number of oxazole rings is 1. The van der Waals surface area contributed by atoms with Crippen molar-refractivity contribution in [3.8, 4) is 11.3 Å². The Hall–Kier alpha value is -1.72. The second-order valence-corrected chi connectivity index (χ2v) is 4.25. The monoisotopic (exact) mass is 264 g/mol. The van der Waals surface area contributed by atoms with Gasteiger partial charge < -0.3 is 14.5 Å². The van der Waals surface area contributed by atoms with Gasteiger partial charge in [0.25, 0.3) is 0 Å². The number of benzene rings is 1. The fraction of sp³-hybridized carbons (Fsp3) is 0.357. The molecular weight excluding hydrogens is 247 g/mol. The molecule has 1 aromatic carbocycles. The summed E-state index contributed by atoms with van der Waals surface area (Å²) in [6, 6.07) is 4.62. The molecule has 0 amide bonds. The van der Waals surface area contributed by atoms with Gasteiger partial charge in [0, 0.05) is 19.2 Å². The molecule has 0 bridgehead atoms. The molecule has 0 aliphatic rings. The summed E-state index contributed by atoms with van der Waals surface area (Å²) in [5, 5.41) is 3.14. The molecule has 2 aromatic rings. The third-order valence-corrected chi connectivity index (χ3v) is 2.78. The molecule has 4 nitrogen and oxygen atoms in total. The van der Waals surface area contributed by atoms with Crippen molar-refractivity contribution in [1.82, 2.24) is 10.3 Å². The molecule has 102 valence electrons. The summed E-state index contributed by atoms with van der Waals surface area (Å²) in [5.74, 6) is 0.882. The third-order valence-electron chi connectivity index (χ3n) is 2.78. The van der Waals surface area contributed by atoms with E-state index in [1.54, 1.807) is 19.4 Å². The first-order valence-electron chi connectivity index (χ1n) is 6.11. The summed E-state index contributed by atoms with van der Waals surface area (Å²) in [7, 11) is 1.65. The molecule has 1 heterocycles. The smallest absolute Gasteiger partial charge is 0.208 e. The Balaban J connectivity index is 2.06. The molecule has 0 atom stereocenters. The van der Waals surface area contributed by atoms with Crippen LogP contribution < -0.4 is 5.32 Å². The van der Waals surface area contributed by atoms with Gasteiger partial charge in [0.1, 0.15) is 5.82 Å². The number of hydrogen-bond acceptors (Lipinski definition) is 4. The van der Waals surface area contributed by atoms with Crippen molar-refractivity contribution >= 4 is 0 Å². The van der Waals surface area contributed by atoms with E-state index >= 15 is 0 Å². The van der Waals surface area contributed by atoms with Crippen LogP contribution in [-0.2, 0) is 11.3 Å². The maximum atomic E-state index is 13.2. The SMILES string of the molecule is COCCNCc1ncc(-c2cc(F)ccc2C)o1. The topological polar surface area (TPSA) is 47.3 Å². The lowest BCUT2D eigenvalue weighted by Gasteiger charge is -2.02. The minimum Gasteiger partial charge on any atom is -0.439 e. The lowest BCUT2D eigenvalue weighted by molar-refractivity contribution is 0.198. The average Bonchev–Trinajstić information content (AvgIpc) is 2.86. The van der Waals surface area contributed by atoms with E-state index in [0.717, 1.165) is 17.7 Å². The van der Waals surface area contributed by atoms with Gasteiger partial charge in [-0.2, -0.15) is 0 Å². The molecule has 0 spiro atoms. The third kappa shape index (κ3) is 3.62. The Morgan fingerprint density at radius 1 is 1.42 bits per heavy atom. The van der Waals surface area contributed by atoms with E-state index < -0.39 is 0 Å². The number of methoxy groups -OCH3 is 1. The van der Waals surface area contributed by atoms with Crippen LogP contribution in [0.4, 0.5) is 4.39 Å². The lowest BCUT2D eigenvalue weighted by Crippen LogP contribution is -2.18. The molecule has 0 unspecified atom stereocenters. The maximum absolute atomic E-state index is 13.2. The van der Waals surface area contributed by atoms with Gasteiger partial charge in [-0.3, -0.25) is 0 Å². The van der Waals surface area contributed by atoms with Crippen LogP contribution in [-0.4, -0.2) is 25.2 Å². The van der Waals surface area contributed by atoms with E-state index in [4.69, 9.17) is 9.15 Å². The number of ether oxygens (including phenoxy) is 1. The largest absolute Gasteiger partial charge is 0.439 e. The van der Waals surface area contributed by atoms with Gasteiger partial charge in [-0.25, -0.2) is 9.37 Å². The summed E-state index contributed by atoms with van der Waals surface area (Å²) in [6.07, 6.45) is 1.62. The van der Waals surface area contributed by atoms with Crippen LogP contribution in [0.15, 0.2) is 28.8 Å². The minimum absolute atomic E-state index is 0.281. The van der Waals surface area contributed by atoms with E-state index in [9.17, 15) is 4.39 Å². The van der Waals surface area contributed by atoms with Gasteiger partial charge >= 0.3 is 0 Å². The first-order chi connectivity index (χ1) is 9.20. The Morgan fingerprint density at radius 3 is 3.05 bits per heavy atom. The van der Waals surface area contributed by atoms with Gasteiger partial charge in [0.2, 0.25) is 5.89 Å². The standard InChI is InChI=1S/C14H17FN2O2/c1-10-3-4-11(15)7-12(10)13-8-17-14(19-13)9-16-5-6-18-2/h3-4,7-8,16H,5-6,9H2,1-2H3. The van der Waals surface area contributed by atoms with Gasteiger partial charge in [-0.15, -0.1) is 0 Å². The molecule has 19 heavy (non-hydrogen) atoms. The zero-order valence-electron chi connectivity index (χ0n) is 11.1. The Morgan fingerprint density at radius 2 is 2.26 bits per heavy atom. The number of aryl methyl sites for hydroxylation is 1. The Kier molecular flexibility index (Phi) is 4.65. The van der Waals surface area contributed by atoms with Gasteiger partial charge in [0.05, 0.1) is 19.3 Å². The van der Waals surface area contributed by atoms with Crippen LogP contribution >= 0.6 is 0 Å². The predicted molar refractivity (Wildman–Crippen MR) is 70.2 cm³/mol. The fourth-order valence-corrected chi connectivity index (χ4v) is 1.75. The van der Waals surface area contributed by atoms with Crippen LogP contribution in [0.2, 0.25) is 0 Å². The van der Waals surface area contributed by atoms with Crippen molar-refractivity contribution in [1.29, 1.82) is 0 Å². The molecule has 5 heteroatoms. The van der Waals surface area contributed by atoms with Gasteiger partial charge in [-0.05, 0) is 24.6 Å². The molecule has 0 radical (unpaired) electrons. The second-order valence-electron chi connectivity index (χ2n) is 4.25. The predicted octanol–water partition coefficient (Wildman–Crippen LogP) is 2.53. The van der Waals surface area contributed by atoms with Crippen molar-refractivity contribution in [2.45, 2.75) is 13.5 Å². The average molecular weight is 264 g/mol. The van der Waals surface area contributed by atoms with E-state index in [1.807, 2.05) is 6.92 Å². The van der Waals surface area contributed by atoms with Crippen LogP contribution in [0.3, 0.4) is 0 Å². The van der Waals surface area contributed by atoms with E-state index in [0.29, 0.717) is 24.8 Å². The molecule has 0 saturated heterocycles. The fourth-order valence-electron chi connectivity index (χ4n) is 1.75. The highest BCUT2D eigenvalue weighted by Gasteiger charge is 2.09. The highest BCUT2D eigenvalue weighted by molar-refractivity contribution is 5.61. The summed E-state index contributed by atoms with van der Waals surface area (Å²) in [4.78, 5) is 4.17. The number of rotatable bonds is 6. The molecule has 2 rings (SSSR count). The minimum atomic E-state index is -0.281. The van der Waals surface area contributed by atoms with Crippen LogP contribution in [0, 0.1) is 12.7 Å². The maximum Gasteiger partial charge on any atom is 0.208 e. The molecule has 0 aliphatic carbocycles. The summed E-state index contributed by atoms with van der Waals surface area (Å²) < 4.78 is 23.8.